The first-order valence-corrected chi connectivity index (χ1v) is 2.97. The third kappa shape index (κ3) is 4.04. The number of hydrogen-bond acceptors (Lipinski definition) is 1. The minimum absolute atomic E-state index is 0.159. The number of aliphatic hydroxyl groups is 1. The van der Waals surface area contributed by atoms with Gasteiger partial charge in [0.25, 0.3) is 0 Å². The first-order valence-electron chi connectivity index (χ1n) is 2.97. The van der Waals surface area contributed by atoms with E-state index >= 15 is 0 Å². The molecule has 0 aliphatic heterocycles. The maximum atomic E-state index is 12.1. The van der Waals surface area contributed by atoms with Gasteiger partial charge < -0.3 is 5.11 Å². The topological polar surface area (TPSA) is 20.2 Å². The Hall–Kier alpha value is -0.890. The van der Waals surface area contributed by atoms with Crippen molar-refractivity contribution in [1.29, 1.82) is 0 Å². The molecule has 0 spiro atoms. The number of hydrogen-bond donors (Lipinski definition) is 1. The zero-order valence-corrected chi connectivity index (χ0v) is 5.97. The van der Waals surface area contributed by atoms with Gasteiger partial charge in [-0.05, 0) is 18.6 Å². The first-order chi connectivity index (χ1) is 4.70. The molecule has 0 unspecified atom stereocenters. The fourth-order valence-corrected chi connectivity index (χ4v) is 0.553. The van der Waals surface area contributed by atoms with Crippen molar-refractivity contribution in [3.63, 3.8) is 0 Å². The van der Waals surface area contributed by atoms with Crippen LogP contribution in [0.3, 0.4) is 0 Å². The lowest BCUT2D eigenvalue weighted by molar-refractivity contribution is 0.334. The van der Waals surface area contributed by atoms with Gasteiger partial charge in [0.2, 0.25) is 0 Å². The monoisotopic (exact) mass is 142 g/mol. The molecule has 0 aromatic rings. The third-order valence-corrected chi connectivity index (χ3v) is 0.899. The molecule has 0 amide bonds. The summed E-state index contributed by atoms with van der Waals surface area (Å²) in [6, 6.07) is 0. The van der Waals surface area contributed by atoms with Crippen molar-refractivity contribution in [1.82, 2.24) is 0 Å². The van der Waals surface area contributed by atoms with Crippen LogP contribution >= 0.6 is 0 Å². The van der Waals surface area contributed by atoms with Gasteiger partial charge >= 0.3 is 0 Å². The molecule has 0 aromatic heterocycles. The van der Waals surface area contributed by atoms with Gasteiger partial charge in [0, 0.05) is 0 Å². The molecule has 10 heavy (non-hydrogen) atoms. The first kappa shape index (κ1) is 9.11. The highest BCUT2D eigenvalue weighted by molar-refractivity contribution is 5.24. The molecule has 0 saturated carbocycles. The third-order valence-electron chi connectivity index (χ3n) is 0.899. The number of allylic oxidation sites excluding steroid dienone is 3. The summed E-state index contributed by atoms with van der Waals surface area (Å²) in [5.74, 6) is -0.317. The molecule has 0 saturated heterocycles. The van der Waals surface area contributed by atoms with Crippen LogP contribution in [0, 0.1) is 0 Å². The summed E-state index contributed by atoms with van der Waals surface area (Å²) in [6.07, 6.45) is 4.33. The van der Waals surface area contributed by atoms with E-state index in [0.717, 1.165) is 0 Å². The Balaban J connectivity index is 4.22. The van der Waals surface area contributed by atoms with Crippen LogP contribution in [0.25, 0.3) is 0 Å². The maximum Gasteiger partial charge on any atom is 0.0972 e. The molecular weight excluding hydrogens is 131 g/mol. The molecule has 0 bridgehead atoms. The van der Waals surface area contributed by atoms with E-state index in [1.165, 1.54) is 19.1 Å². The zero-order chi connectivity index (χ0) is 7.98. The van der Waals surface area contributed by atoms with Crippen LogP contribution in [0.1, 0.15) is 6.92 Å². The van der Waals surface area contributed by atoms with Gasteiger partial charge in [-0.2, -0.15) is 0 Å². The molecule has 0 aliphatic carbocycles. The van der Waals surface area contributed by atoms with Crippen molar-refractivity contribution in [3.8, 4) is 0 Å². The quantitative estimate of drug-likeness (QED) is 0.597. The van der Waals surface area contributed by atoms with Crippen LogP contribution in [0.15, 0.2) is 36.2 Å². The SMILES string of the molecule is C=C/C=C(\C=C(/C)F)CO. The van der Waals surface area contributed by atoms with Gasteiger partial charge in [-0.3, -0.25) is 0 Å². The van der Waals surface area contributed by atoms with E-state index in [9.17, 15) is 4.39 Å². The highest BCUT2D eigenvalue weighted by Crippen LogP contribution is 2.02. The number of aliphatic hydroxyl groups excluding tert-OH is 1. The van der Waals surface area contributed by atoms with Crippen LogP contribution < -0.4 is 0 Å². The van der Waals surface area contributed by atoms with Crippen molar-refractivity contribution < 1.29 is 9.50 Å². The minimum Gasteiger partial charge on any atom is -0.392 e. The molecule has 1 nitrogen and oxygen atoms in total. The average molecular weight is 142 g/mol. The molecule has 1 N–H and O–H groups in total. The average Bonchev–Trinajstić information content (AvgIpc) is 1.86. The van der Waals surface area contributed by atoms with Gasteiger partial charge in [-0.15, -0.1) is 0 Å². The van der Waals surface area contributed by atoms with E-state index in [2.05, 4.69) is 6.58 Å². The Bertz CT molecular complexity index is 161. The minimum atomic E-state index is -0.317. The van der Waals surface area contributed by atoms with Crippen LogP contribution in [0.4, 0.5) is 4.39 Å². The Labute approximate surface area is 60.2 Å². The summed E-state index contributed by atoms with van der Waals surface area (Å²) in [4.78, 5) is 0. The highest BCUT2D eigenvalue weighted by Gasteiger charge is 1.88. The molecule has 0 radical (unpaired) electrons. The fraction of sp³-hybridized carbons (Fsp3) is 0.250. The number of halogens is 1. The van der Waals surface area contributed by atoms with Crippen LogP contribution in [-0.4, -0.2) is 11.7 Å². The molecular formula is C8H11FO. The molecule has 2 heteroatoms. The summed E-state index contributed by atoms with van der Waals surface area (Å²) in [5.41, 5.74) is 0.523. The van der Waals surface area contributed by atoms with E-state index in [1.54, 1.807) is 6.08 Å². The van der Waals surface area contributed by atoms with Gasteiger partial charge in [0.05, 0.1) is 12.4 Å². The maximum absolute atomic E-state index is 12.1. The lowest BCUT2D eigenvalue weighted by atomic mass is 10.2. The van der Waals surface area contributed by atoms with E-state index < -0.39 is 0 Å². The van der Waals surface area contributed by atoms with E-state index in [0.29, 0.717) is 5.57 Å². The molecule has 56 valence electrons. The molecule has 0 fully saturated rings. The van der Waals surface area contributed by atoms with Gasteiger partial charge in [-0.25, -0.2) is 4.39 Å². The van der Waals surface area contributed by atoms with Gasteiger partial charge in [-0.1, -0.05) is 18.7 Å². The summed E-state index contributed by atoms with van der Waals surface area (Å²) < 4.78 is 12.1. The Morgan fingerprint density at radius 3 is 2.60 bits per heavy atom. The van der Waals surface area contributed by atoms with Crippen molar-refractivity contribution in [2.24, 2.45) is 0 Å². The van der Waals surface area contributed by atoms with Crippen molar-refractivity contribution in [2.45, 2.75) is 6.92 Å². The molecule has 0 rings (SSSR count). The lowest BCUT2D eigenvalue weighted by Gasteiger charge is -1.92. The lowest BCUT2D eigenvalue weighted by Crippen LogP contribution is -1.85. The van der Waals surface area contributed by atoms with Gasteiger partial charge in [0.15, 0.2) is 0 Å². The predicted molar refractivity (Wildman–Crippen MR) is 40.2 cm³/mol. The zero-order valence-electron chi connectivity index (χ0n) is 5.97. The van der Waals surface area contributed by atoms with Gasteiger partial charge in [0.1, 0.15) is 0 Å². The molecule has 0 heterocycles. The van der Waals surface area contributed by atoms with Crippen LogP contribution in [-0.2, 0) is 0 Å². The smallest absolute Gasteiger partial charge is 0.0972 e. The molecule has 0 aliphatic rings. The standard InChI is InChI=1S/C8H11FO/c1-3-4-8(6-10)5-7(2)9/h3-5,10H,1,6H2,2H3/b7-5+,8-4+. The number of rotatable bonds is 3. The molecule has 0 atom stereocenters. The second-order valence-corrected chi connectivity index (χ2v) is 1.87. The predicted octanol–water partition coefficient (Wildman–Crippen LogP) is 1.96. The van der Waals surface area contributed by atoms with Crippen molar-refractivity contribution in [3.05, 3.63) is 36.2 Å². The second kappa shape index (κ2) is 4.94. The summed E-state index contributed by atoms with van der Waals surface area (Å²) in [7, 11) is 0. The Morgan fingerprint density at radius 1 is 1.70 bits per heavy atom. The largest absolute Gasteiger partial charge is 0.392 e. The van der Waals surface area contributed by atoms with Crippen LogP contribution in [0.5, 0.6) is 0 Å². The highest BCUT2D eigenvalue weighted by atomic mass is 19.1. The van der Waals surface area contributed by atoms with Crippen molar-refractivity contribution >= 4 is 0 Å². The van der Waals surface area contributed by atoms with E-state index in [-0.39, 0.29) is 12.4 Å². The summed E-state index contributed by atoms with van der Waals surface area (Å²) in [5, 5.41) is 8.58. The summed E-state index contributed by atoms with van der Waals surface area (Å²) >= 11 is 0. The molecule has 0 aromatic carbocycles. The normalized spacial score (nSPS) is 13.5. The fourth-order valence-electron chi connectivity index (χ4n) is 0.553. The Kier molecular flexibility index (Phi) is 4.50. The summed E-state index contributed by atoms with van der Waals surface area (Å²) in [6.45, 7) is 4.58. The van der Waals surface area contributed by atoms with Crippen LogP contribution in [0.2, 0.25) is 0 Å². The van der Waals surface area contributed by atoms with E-state index in [4.69, 9.17) is 5.11 Å². The van der Waals surface area contributed by atoms with Crippen molar-refractivity contribution in [2.75, 3.05) is 6.61 Å². The Morgan fingerprint density at radius 2 is 2.30 bits per heavy atom. The second-order valence-electron chi connectivity index (χ2n) is 1.87. The van der Waals surface area contributed by atoms with E-state index in [1.807, 2.05) is 0 Å².